The third-order valence-electron chi connectivity index (χ3n) is 0.237. The van der Waals surface area contributed by atoms with Crippen LogP contribution in [0.15, 0.2) is 0 Å². The van der Waals surface area contributed by atoms with E-state index in [0.29, 0.717) is 0 Å². The van der Waals surface area contributed by atoms with Crippen molar-refractivity contribution in [2.75, 3.05) is 6.56 Å². The van der Waals surface area contributed by atoms with E-state index in [1.54, 1.807) is 0 Å². The van der Waals surface area contributed by atoms with Gasteiger partial charge in [-0.3, -0.25) is 0 Å². The summed E-state index contributed by atoms with van der Waals surface area (Å²) in [6.07, 6.45) is -0.639. The average Bonchev–Trinajstić information content (AvgIpc) is 1.57. The van der Waals surface area contributed by atoms with Gasteiger partial charge in [0.2, 0.25) is 0 Å². The number of hydrogen-bond donors (Lipinski definition) is 1. The monoisotopic (exact) mass is 79.1 g/mol. The second-order valence-electron chi connectivity index (χ2n) is 0.658. The van der Waals surface area contributed by atoms with Crippen molar-refractivity contribution in [3.05, 3.63) is 0 Å². The Kier molecular flexibility index (Phi) is 0.767. The van der Waals surface area contributed by atoms with Crippen molar-refractivity contribution in [1.29, 1.82) is 0 Å². The molecule has 0 bridgehead atoms. The Bertz CT molecular complexity index is 87.2. The molecule has 32 valence electrons. The molecular formula is C4H10O. The van der Waals surface area contributed by atoms with Crippen LogP contribution in [0.3, 0.4) is 0 Å². The molecule has 0 aromatic heterocycles. The predicted octanol–water partition coefficient (Wildman–Crippen LogP) is 0.779. The van der Waals surface area contributed by atoms with Gasteiger partial charge in [-0.1, -0.05) is 13.3 Å². The molecule has 5 heavy (non-hydrogen) atoms. The van der Waals surface area contributed by atoms with Crippen LogP contribution in [0.2, 0.25) is 0 Å². The van der Waals surface area contributed by atoms with Gasteiger partial charge >= 0.3 is 0 Å². The predicted molar refractivity (Wildman–Crippen MR) is 22.0 cm³/mol. The summed E-state index contributed by atoms with van der Waals surface area (Å²) in [6.45, 7) is -4.50. The lowest BCUT2D eigenvalue weighted by molar-refractivity contribution is 0.287. The maximum absolute atomic E-state index is 8.46. The van der Waals surface area contributed by atoms with Crippen molar-refractivity contribution in [2.45, 2.75) is 19.7 Å². The average molecular weight is 79.2 g/mol. The summed E-state index contributed by atoms with van der Waals surface area (Å²) in [5.41, 5.74) is 0. The lowest BCUT2D eigenvalue weighted by Crippen LogP contribution is -1.75. The van der Waals surface area contributed by atoms with Crippen LogP contribution in [0.25, 0.3) is 0 Å². The van der Waals surface area contributed by atoms with Crippen LogP contribution in [0.4, 0.5) is 0 Å². The number of hydrogen-bond acceptors (Lipinski definition) is 1. The lowest BCUT2D eigenvalue weighted by atomic mass is 10.4. The molecular weight excluding hydrogens is 64.0 g/mol. The Morgan fingerprint density at radius 1 is 2.20 bits per heavy atom. The standard InChI is InChI=1S/C4H10O/c1-2-3-4-5/h5H,2-4H2,1H3/i1D3,4D2. The summed E-state index contributed by atoms with van der Waals surface area (Å²) in [7, 11) is 0. The van der Waals surface area contributed by atoms with Gasteiger partial charge in [0.1, 0.15) is 0 Å². The van der Waals surface area contributed by atoms with E-state index < -0.39 is 13.4 Å². The van der Waals surface area contributed by atoms with Gasteiger partial charge < -0.3 is 5.11 Å². The Morgan fingerprint density at radius 2 is 3.00 bits per heavy atom. The minimum absolute atomic E-state index is 0.295. The highest BCUT2D eigenvalue weighted by Gasteiger charge is 1.69. The highest BCUT2D eigenvalue weighted by molar-refractivity contribution is 4.23. The minimum Gasteiger partial charge on any atom is -0.396 e. The summed E-state index contributed by atoms with van der Waals surface area (Å²) in [6, 6.07) is 0. The molecule has 0 unspecified atom stereocenters. The molecule has 0 amide bonds. The van der Waals surface area contributed by atoms with Crippen LogP contribution >= 0.6 is 0 Å². The first-order valence-electron chi connectivity index (χ1n) is 3.93. The Hall–Kier alpha value is -0.0400. The molecule has 0 rings (SSSR count). The van der Waals surface area contributed by atoms with Crippen LogP contribution in [-0.2, 0) is 0 Å². The van der Waals surface area contributed by atoms with E-state index >= 15 is 0 Å². The summed E-state index contributed by atoms with van der Waals surface area (Å²) in [5, 5.41) is 8.46. The normalized spacial score (nSPS) is 28.6. The van der Waals surface area contributed by atoms with Crippen LogP contribution in [0.1, 0.15) is 26.5 Å². The molecule has 0 fully saturated rings. The maximum atomic E-state index is 8.46. The zero-order valence-corrected chi connectivity index (χ0v) is 2.86. The Labute approximate surface area is 39.7 Å². The lowest BCUT2D eigenvalue weighted by Gasteiger charge is -1.79. The third-order valence-corrected chi connectivity index (χ3v) is 0.237. The molecule has 1 nitrogen and oxygen atoms in total. The molecule has 1 heteroatoms. The SMILES string of the molecule is [2H]C([2H])([2H])CCC([2H])([2H])O. The number of aliphatic hydroxyl groups is 1. The number of rotatable bonds is 2. The highest BCUT2D eigenvalue weighted by Crippen LogP contribution is 1.78. The van der Waals surface area contributed by atoms with Crippen LogP contribution in [0, 0.1) is 0 Å². The van der Waals surface area contributed by atoms with Gasteiger partial charge in [0.15, 0.2) is 0 Å². The second-order valence-corrected chi connectivity index (χ2v) is 0.658. The molecule has 0 atom stereocenters. The molecule has 0 aliphatic rings. The fourth-order valence-electron chi connectivity index (χ4n) is 0.0559. The topological polar surface area (TPSA) is 20.2 Å². The van der Waals surface area contributed by atoms with Gasteiger partial charge in [0.25, 0.3) is 0 Å². The van der Waals surface area contributed by atoms with Crippen molar-refractivity contribution in [3.8, 4) is 0 Å². The van der Waals surface area contributed by atoms with Crippen molar-refractivity contribution in [1.82, 2.24) is 0 Å². The zero-order chi connectivity index (χ0) is 8.41. The zero-order valence-electron chi connectivity index (χ0n) is 7.86. The van der Waals surface area contributed by atoms with Gasteiger partial charge in [-0.15, -0.1) is 0 Å². The van der Waals surface area contributed by atoms with Crippen LogP contribution < -0.4 is 0 Å². The smallest absolute Gasteiger partial charge is 0.0564 e. The van der Waals surface area contributed by atoms with E-state index in [1.165, 1.54) is 0 Å². The quantitative estimate of drug-likeness (QED) is 0.518. The van der Waals surface area contributed by atoms with E-state index in [9.17, 15) is 0 Å². The molecule has 0 aliphatic carbocycles. The minimum atomic E-state index is -2.35. The fourth-order valence-corrected chi connectivity index (χ4v) is 0.0559. The third kappa shape index (κ3) is 3.96. The molecule has 0 aromatic rings. The molecule has 0 heterocycles. The molecule has 0 aliphatic heterocycles. The summed E-state index contributed by atoms with van der Waals surface area (Å²) in [4.78, 5) is 0. The molecule has 0 saturated carbocycles. The first kappa shape index (κ1) is 0.969. The first-order chi connectivity index (χ1) is 4.21. The van der Waals surface area contributed by atoms with E-state index in [-0.39, 0.29) is 12.8 Å². The van der Waals surface area contributed by atoms with Gasteiger partial charge in [-0.2, -0.15) is 0 Å². The van der Waals surface area contributed by atoms with E-state index in [1.807, 2.05) is 0 Å². The van der Waals surface area contributed by atoms with Gasteiger partial charge in [0.05, 0.1) is 2.74 Å². The largest absolute Gasteiger partial charge is 0.396 e. The van der Waals surface area contributed by atoms with Crippen LogP contribution in [0.5, 0.6) is 0 Å². The van der Waals surface area contributed by atoms with E-state index in [2.05, 4.69) is 0 Å². The van der Waals surface area contributed by atoms with Crippen molar-refractivity contribution in [3.63, 3.8) is 0 Å². The van der Waals surface area contributed by atoms with E-state index in [0.717, 1.165) is 0 Å². The van der Waals surface area contributed by atoms with Gasteiger partial charge in [-0.05, 0) is 6.42 Å². The molecule has 1 N–H and O–H groups in total. The fraction of sp³-hybridized carbons (Fsp3) is 1.00. The Morgan fingerprint density at radius 3 is 3.20 bits per heavy atom. The first-order valence-corrected chi connectivity index (χ1v) is 1.43. The molecule has 0 saturated heterocycles. The van der Waals surface area contributed by atoms with Crippen molar-refractivity contribution in [2.24, 2.45) is 0 Å². The maximum Gasteiger partial charge on any atom is 0.0564 e. The summed E-state index contributed by atoms with van der Waals surface area (Å²) >= 11 is 0. The van der Waals surface area contributed by atoms with Gasteiger partial charge in [0, 0.05) is 10.7 Å². The van der Waals surface area contributed by atoms with Crippen molar-refractivity contribution >= 4 is 0 Å². The highest BCUT2D eigenvalue weighted by atomic mass is 16.2. The van der Waals surface area contributed by atoms with Crippen LogP contribution in [-0.4, -0.2) is 11.7 Å². The summed E-state index contributed by atoms with van der Waals surface area (Å²) < 4.78 is 33.2. The van der Waals surface area contributed by atoms with E-state index in [4.69, 9.17) is 12.0 Å². The molecule has 0 radical (unpaired) electrons. The molecule has 0 aromatic carbocycles. The second kappa shape index (κ2) is 3.96. The summed E-state index contributed by atoms with van der Waals surface area (Å²) in [5.74, 6) is 0. The molecule has 0 spiro atoms. The Balaban J connectivity index is 3.56. The van der Waals surface area contributed by atoms with Crippen molar-refractivity contribution < 1.29 is 12.0 Å². The van der Waals surface area contributed by atoms with Gasteiger partial charge in [-0.25, -0.2) is 0 Å².